The molecule has 2 aromatic rings. The van der Waals surface area contributed by atoms with Crippen LogP contribution in [0.2, 0.25) is 0 Å². The van der Waals surface area contributed by atoms with Gasteiger partial charge in [0.15, 0.2) is 0 Å². The highest BCUT2D eigenvalue weighted by molar-refractivity contribution is 5.58. The molecular weight excluding hydrogens is 290 g/mol. The van der Waals surface area contributed by atoms with Crippen molar-refractivity contribution >= 4 is 0 Å². The highest BCUT2D eigenvalue weighted by Gasteiger charge is 2.57. The van der Waals surface area contributed by atoms with Crippen LogP contribution in [-0.2, 0) is 5.41 Å². The Morgan fingerprint density at radius 1 is 0.917 bits per heavy atom. The molecule has 6 rings (SSSR count). The van der Waals surface area contributed by atoms with Crippen LogP contribution in [0.4, 0.5) is 0 Å². The Morgan fingerprint density at radius 3 is 2.46 bits per heavy atom. The maximum Gasteiger partial charge on any atom is 0.0173 e. The molecule has 122 valence electrons. The molecule has 24 heavy (non-hydrogen) atoms. The molecule has 2 aromatic carbocycles. The van der Waals surface area contributed by atoms with Crippen molar-refractivity contribution in [1.29, 1.82) is 0 Å². The lowest BCUT2D eigenvalue weighted by molar-refractivity contribution is 0.196. The summed E-state index contributed by atoms with van der Waals surface area (Å²) in [6, 6.07) is 18.7. The van der Waals surface area contributed by atoms with Gasteiger partial charge in [0.2, 0.25) is 0 Å². The Balaban J connectivity index is 1.49. The molecule has 3 unspecified atom stereocenters. The van der Waals surface area contributed by atoms with Gasteiger partial charge in [0, 0.05) is 36.9 Å². The van der Waals surface area contributed by atoms with Crippen molar-refractivity contribution < 1.29 is 0 Å². The fraction of sp³-hybridized carbons (Fsp3) is 0.478. The van der Waals surface area contributed by atoms with Gasteiger partial charge in [-0.25, -0.2) is 0 Å². The summed E-state index contributed by atoms with van der Waals surface area (Å²) < 4.78 is 0. The molecule has 3 aliphatic carbocycles. The lowest BCUT2D eigenvalue weighted by Gasteiger charge is -2.37. The molecule has 1 heterocycles. The summed E-state index contributed by atoms with van der Waals surface area (Å²) in [7, 11) is 0. The average molecular weight is 315 g/mol. The molecule has 0 aromatic heterocycles. The number of fused-ring (bicyclic) bond motifs is 3. The molecule has 0 amide bonds. The molecule has 4 aliphatic rings. The van der Waals surface area contributed by atoms with Crippen molar-refractivity contribution in [3.63, 3.8) is 0 Å². The van der Waals surface area contributed by atoms with E-state index in [0.717, 1.165) is 5.92 Å². The first-order valence-corrected chi connectivity index (χ1v) is 9.76. The van der Waals surface area contributed by atoms with Crippen LogP contribution in [0.1, 0.15) is 59.8 Å². The van der Waals surface area contributed by atoms with Crippen LogP contribution < -0.4 is 0 Å². The Labute approximate surface area is 144 Å². The summed E-state index contributed by atoms with van der Waals surface area (Å²) >= 11 is 0. The van der Waals surface area contributed by atoms with Gasteiger partial charge in [0.1, 0.15) is 0 Å². The predicted octanol–water partition coefficient (Wildman–Crippen LogP) is 4.67. The first-order chi connectivity index (χ1) is 11.9. The molecule has 1 nitrogen and oxygen atoms in total. The Kier molecular flexibility index (Phi) is 2.69. The van der Waals surface area contributed by atoms with E-state index in [2.05, 4.69) is 53.4 Å². The van der Waals surface area contributed by atoms with Gasteiger partial charge >= 0.3 is 0 Å². The largest absolute Gasteiger partial charge is 0.302 e. The van der Waals surface area contributed by atoms with Crippen LogP contribution in [0.5, 0.6) is 0 Å². The van der Waals surface area contributed by atoms with Crippen LogP contribution in [-0.4, -0.2) is 24.5 Å². The molecule has 1 saturated carbocycles. The fourth-order valence-corrected chi connectivity index (χ4v) is 6.32. The maximum absolute atomic E-state index is 2.82. The summed E-state index contributed by atoms with van der Waals surface area (Å²) in [6.07, 6.45) is 5.73. The van der Waals surface area contributed by atoms with Crippen molar-refractivity contribution in [1.82, 2.24) is 4.90 Å². The number of likely N-dealkylation sites (tertiary alicyclic amines) is 1. The molecule has 1 aliphatic heterocycles. The lowest BCUT2D eigenvalue weighted by Crippen LogP contribution is -2.36. The predicted molar refractivity (Wildman–Crippen MR) is 97.5 cm³/mol. The fourth-order valence-electron chi connectivity index (χ4n) is 6.32. The van der Waals surface area contributed by atoms with Crippen LogP contribution in [0.25, 0.3) is 0 Å². The van der Waals surface area contributed by atoms with E-state index in [1.165, 1.54) is 45.3 Å². The smallest absolute Gasteiger partial charge is 0.0173 e. The molecular formula is C23H25N. The molecule has 2 bridgehead atoms. The van der Waals surface area contributed by atoms with Crippen LogP contribution in [0, 0.1) is 5.92 Å². The standard InChI is InChI=1S/C23H25N/c1-2-9-18-17(8-1)20-12-23(21-11-4-3-10-19(20)21)15-24(14-22(18)23)13-16-6-5-7-16/h1-4,8-11,16,20,22H,5-7,12-15H2. The second kappa shape index (κ2) is 4.73. The second-order valence-electron chi connectivity index (χ2n) is 8.67. The zero-order valence-electron chi connectivity index (χ0n) is 14.2. The van der Waals surface area contributed by atoms with Gasteiger partial charge in [-0.2, -0.15) is 0 Å². The van der Waals surface area contributed by atoms with E-state index in [0.29, 0.717) is 17.3 Å². The summed E-state index contributed by atoms with van der Waals surface area (Å²) in [4.78, 5) is 2.82. The SMILES string of the molecule is c1ccc2c(c1)C1CC3(CN(CC4CCC4)CC23)c2ccccc21. The average Bonchev–Trinajstić information content (AvgIpc) is 3.10. The molecule has 0 N–H and O–H groups in total. The van der Waals surface area contributed by atoms with Crippen LogP contribution >= 0.6 is 0 Å². The van der Waals surface area contributed by atoms with Crippen molar-refractivity contribution in [2.24, 2.45) is 5.92 Å². The quantitative estimate of drug-likeness (QED) is 0.778. The maximum atomic E-state index is 2.82. The third kappa shape index (κ3) is 1.64. The van der Waals surface area contributed by atoms with E-state index in [1.54, 1.807) is 22.3 Å². The molecule has 0 radical (unpaired) electrons. The van der Waals surface area contributed by atoms with Crippen molar-refractivity contribution in [2.45, 2.75) is 42.9 Å². The number of benzene rings is 2. The number of rotatable bonds is 2. The monoisotopic (exact) mass is 315 g/mol. The number of nitrogens with zero attached hydrogens (tertiary/aromatic N) is 1. The van der Waals surface area contributed by atoms with Gasteiger partial charge in [-0.05, 0) is 47.4 Å². The zero-order valence-corrected chi connectivity index (χ0v) is 14.2. The lowest BCUT2D eigenvalue weighted by atomic mass is 9.65. The Bertz CT molecular complexity index is 794. The molecule has 2 fully saturated rings. The van der Waals surface area contributed by atoms with E-state index in [1.807, 2.05) is 0 Å². The van der Waals surface area contributed by atoms with Crippen molar-refractivity contribution in [2.75, 3.05) is 19.6 Å². The van der Waals surface area contributed by atoms with E-state index >= 15 is 0 Å². The summed E-state index contributed by atoms with van der Waals surface area (Å²) in [5.41, 5.74) is 6.96. The van der Waals surface area contributed by atoms with E-state index in [9.17, 15) is 0 Å². The topological polar surface area (TPSA) is 3.24 Å². The molecule has 1 spiro atoms. The number of hydrogen-bond donors (Lipinski definition) is 0. The third-order valence-electron chi connectivity index (χ3n) is 7.54. The van der Waals surface area contributed by atoms with E-state index in [4.69, 9.17) is 0 Å². The molecule has 1 heteroatoms. The third-order valence-corrected chi connectivity index (χ3v) is 7.54. The zero-order chi connectivity index (χ0) is 15.7. The van der Waals surface area contributed by atoms with E-state index in [-0.39, 0.29) is 0 Å². The highest BCUT2D eigenvalue weighted by atomic mass is 15.2. The highest BCUT2D eigenvalue weighted by Crippen LogP contribution is 2.63. The number of hydrogen-bond acceptors (Lipinski definition) is 1. The van der Waals surface area contributed by atoms with Gasteiger partial charge < -0.3 is 4.90 Å². The van der Waals surface area contributed by atoms with Gasteiger partial charge in [-0.1, -0.05) is 55.0 Å². The minimum absolute atomic E-state index is 0.388. The van der Waals surface area contributed by atoms with Crippen LogP contribution in [0.15, 0.2) is 48.5 Å². The van der Waals surface area contributed by atoms with Gasteiger partial charge in [-0.15, -0.1) is 0 Å². The summed E-state index contributed by atoms with van der Waals surface area (Å²) in [5.74, 6) is 2.32. The Morgan fingerprint density at radius 2 is 1.67 bits per heavy atom. The van der Waals surface area contributed by atoms with E-state index < -0.39 is 0 Å². The Hall–Kier alpha value is -1.60. The summed E-state index contributed by atoms with van der Waals surface area (Å²) in [6.45, 7) is 3.90. The second-order valence-corrected chi connectivity index (χ2v) is 8.67. The molecule has 3 atom stereocenters. The van der Waals surface area contributed by atoms with Crippen molar-refractivity contribution in [3.05, 3.63) is 70.8 Å². The first kappa shape index (κ1) is 13.7. The van der Waals surface area contributed by atoms with Gasteiger partial charge in [-0.3, -0.25) is 0 Å². The van der Waals surface area contributed by atoms with Gasteiger partial charge in [0.25, 0.3) is 0 Å². The normalized spacial score (nSPS) is 33.7. The van der Waals surface area contributed by atoms with Gasteiger partial charge in [0.05, 0.1) is 0 Å². The van der Waals surface area contributed by atoms with Crippen LogP contribution in [0.3, 0.4) is 0 Å². The first-order valence-electron chi connectivity index (χ1n) is 9.76. The minimum atomic E-state index is 0.388. The molecule has 1 saturated heterocycles. The minimum Gasteiger partial charge on any atom is -0.302 e. The van der Waals surface area contributed by atoms with Crippen molar-refractivity contribution in [3.8, 4) is 0 Å². The summed E-state index contributed by atoms with van der Waals surface area (Å²) in [5, 5.41) is 0.